The Balaban J connectivity index is 2.21. The van der Waals surface area contributed by atoms with Gasteiger partial charge in [-0.2, -0.15) is 24.4 Å². The smallest absolute Gasteiger partial charge is 0.326 e. The maximum absolute atomic E-state index is 13.7. The minimum atomic E-state index is -1.22. The van der Waals surface area contributed by atoms with Crippen LogP contribution < -0.4 is 48.7 Å². The minimum Gasteiger partial charge on any atom is -0.480 e. The number of carboxylic acid groups (broad SMARTS) is 1. The van der Waals surface area contributed by atoms with Gasteiger partial charge in [0.2, 0.25) is 29.5 Å². The number of thioether (sulfide) groups is 1. The van der Waals surface area contributed by atoms with Crippen LogP contribution >= 0.6 is 24.4 Å². The minimum absolute atomic E-state index is 0.0459. The molecule has 52 heavy (non-hydrogen) atoms. The molecule has 0 bridgehead atoms. The molecule has 1 aromatic heterocycles. The number of thiol groups is 1. The van der Waals surface area contributed by atoms with E-state index in [2.05, 4.69) is 59.8 Å². The number of carboxylic acids is 1. The molecule has 0 unspecified atom stereocenters. The van der Waals surface area contributed by atoms with E-state index in [4.69, 9.17) is 16.9 Å². The second kappa shape index (κ2) is 24.2. The Kier molecular flexibility index (Phi) is 20.5. The lowest BCUT2D eigenvalue weighted by molar-refractivity contribution is -0.142. The third-order valence-electron chi connectivity index (χ3n) is 8.22. The molecule has 19 nitrogen and oxygen atoms in total. The van der Waals surface area contributed by atoms with Crippen molar-refractivity contribution >= 4 is 65.9 Å². The fraction of sp³-hybridized carbons (Fsp3) is 0.677. The number of aromatic nitrogens is 2. The predicted molar refractivity (Wildman–Crippen MR) is 200 cm³/mol. The molecular weight excluding hydrogens is 717 g/mol. The number of guanidine groups is 1. The van der Waals surface area contributed by atoms with Crippen molar-refractivity contribution in [1.29, 1.82) is 5.41 Å². The van der Waals surface area contributed by atoms with Gasteiger partial charge in [-0.05, 0) is 76.5 Å². The number of nitrogens with two attached hydrogens (primary N) is 2. The number of hydrogen-bond acceptors (Lipinski definition) is 12. The highest BCUT2D eigenvalue weighted by Crippen LogP contribution is 2.09. The van der Waals surface area contributed by atoms with Crippen LogP contribution in [0.25, 0.3) is 0 Å². The number of aliphatic carboxylic acids is 1. The van der Waals surface area contributed by atoms with E-state index in [9.17, 15) is 33.9 Å². The summed E-state index contributed by atoms with van der Waals surface area (Å²) < 4.78 is 0. The summed E-state index contributed by atoms with van der Waals surface area (Å²) in [5.41, 5.74) is 11.5. The maximum Gasteiger partial charge on any atom is 0.326 e. The SMILES string of the molecule is CSCC[C@H](NC(=O)[C@H](CCCNC(=N)N)NC(=O)[C@H](CCCCN)NC(=O)[C@H](CS)NC(=O)[C@H](Cc1c[nH]cn1)NC(=O)[C@@H]1CCCN1)C(=O)O. The topological polar surface area (TPSA) is 311 Å². The quantitative estimate of drug-likeness (QED) is 0.0209. The molecule has 21 heteroatoms. The summed E-state index contributed by atoms with van der Waals surface area (Å²) >= 11 is 5.68. The molecule has 1 aliphatic rings. The van der Waals surface area contributed by atoms with Crippen LogP contribution in [0.1, 0.15) is 57.1 Å². The van der Waals surface area contributed by atoms with Crippen molar-refractivity contribution in [1.82, 2.24) is 47.2 Å². The number of rotatable bonds is 25. The zero-order valence-corrected chi connectivity index (χ0v) is 31.1. The molecule has 1 aliphatic heterocycles. The number of amides is 5. The number of carbonyl (C=O) groups excluding carboxylic acids is 5. The predicted octanol–water partition coefficient (Wildman–Crippen LogP) is -2.71. The molecule has 1 fully saturated rings. The highest BCUT2D eigenvalue weighted by molar-refractivity contribution is 7.98. The van der Waals surface area contributed by atoms with Crippen LogP contribution in [0.3, 0.4) is 0 Å². The molecule has 1 aromatic rings. The van der Waals surface area contributed by atoms with E-state index in [0.29, 0.717) is 43.8 Å². The number of imidazole rings is 1. The summed E-state index contributed by atoms with van der Waals surface area (Å²) in [6.07, 6.45) is 7.94. The molecule has 292 valence electrons. The van der Waals surface area contributed by atoms with Crippen LogP contribution in [0.5, 0.6) is 0 Å². The molecule has 0 spiro atoms. The average Bonchev–Trinajstić information content (AvgIpc) is 3.84. The van der Waals surface area contributed by atoms with Crippen LogP contribution in [0, 0.1) is 5.41 Å². The molecule has 0 saturated carbocycles. The number of carbonyl (C=O) groups is 6. The summed E-state index contributed by atoms with van der Waals surface area (Å²) in [6.45, 7) is 1.22. The van der Waals surface area contributed by atoms with Crippen molar-refractivity contribution in [3.05, 3.63) is 18.2 Å². The summed E-state index contributed by atoms with van der Waals surface area (Å²) in [6, 6.07) is -6.28. The largest absolute Gasteiger partial charge is 0.480 e. The van der Waals surface area contributed by atoms with Crippen molar-refractivity contribution < 1.29 is 33.9 Å². The normalized spacial score (nSPS) is 16.7. The molecule has 6 atom stereocenters. The number of H-pyrrole nitrogens is 1. The van der Waals surface area contributed by atoms with Gasteiger partial charge in [-0.15, -0.1) is 0 Å². The Morgan fingerprint density at radius 3 is 2.10 bits per heavy atom. The highest BCUT2D eigenvalue weighted by atomic mass is 32.2. The van der Waals surface area contributed by atoms with Gasteiger partial charge >= 0.3 is 5.97 Å². The van der Waals surface area contributed by atoms with Crippen molar-refractivity contribution in [3.63, 3.8) is 0 Å². The molecule has 1 saturated heterocycles. The van der Waals surface area contributed by atoms with Crippen molar-refractivity contribution in [2.24, 2.45) is 11.5 Å². The second-order valence-electron chi connectivity index (χ2n) is 12.3. The van der Waals surface area contributed by atoms with Crippen LogP contribution in [-0.4, -0.2) is 130 Å². The third-order valence-corrected chi connectivity index (χ3v) is 9.23. The average molecular weight is 771 g/mol. The van der Waals surface area contributed by atoms with Gasteiger partial charge in [0.25, 0.3) is 0 Å². The Hall–Kier alpha value is -4.08. The lowest BCUT2D eigenvalue weighted by Gasteiger charge is -2.27. The van der Waals surface area contributed by atoms with Gasteiger partial charge < -0.3 is 58.8 Å². The van der Waals surface area contributed by atoms with Gasteiger partial charge in [-0.1, -0.05) is 0 Å². The first kappa shape index (κ1) is 44.1. The molecule has 14 N–H and O–H groups in total. The van der Waals surface area contributed by atoms with Gasteiger partial charge in [0.1, 0.15) is 30.2 Å². The van der Waals surface area contributed by atoms with E-state index in [-0.39, 0.29) is 56.3 Å². The monoisotopic (exact) mass is 770 g/mol. The van der Waals surface area contributed by atoms with Gasteiger partial charge in [-0.25, -0.2) is 9.78 Å². The van der Waals surface area contributed by atoms with Crippen molar-refractivity contribution in [3.8, 4) is 0 Å². The number of nitrogens with zero attached hydrogens (tertiary/aromatic N) is 1. The summed E-state index contributed by atoms with van der Waals surface area (Å²) in [4.78, 5) is 85.8. The Morgan fingerprint density at radius 2 is 1.56 bits per heavy atom. The van der Waals surface area contributed by atoms with Gasteiger partial charge in [0.15, 0.2) is 5.96 Å². The number of hydrogen-bond donors (Lipinski definition) is 13. The lowest BCUT2D eigenvalue weighted by Crippen LogP contribution is -2.60. The van der Waals surface area contributed by atoms with E-state index in [1.165, 1.54) is 18.1 Å². The number of nitrogens with one attached hydrogen (secondary N) is 9. The Morgan fingerprint density at radius 1 is 0.942 bits per heavy atom. The summed E-state index contributed by atoms with van der Waals surface area (Å²) in [7, 11) is 0. The molecule has 0 aromatic carbocycles. The molecule has 0 radical (unpaired) electrons. The molecule has 0 aliphatic carbocycles. The first-order valence-electron chi connectivity index (χ1n) is 17.2. The molecule has 2 heterocycles. The summed E-state index contributed by atoms with van der Waals surface area (Å²) in [5, 5.41) is 35.9. The van der Waals surface area contributed by atoms with Gasteiger partial charge in [0.05, 0.1) is 18.1 Å². The van der Waals surface area contributed by atoms with Crippen LogP contribution in [-0.2, 0) is 35.2 Å². The van der Waals surface area contributed by atoms with Crippen molar-refractivity contribution in [2.45, 2.75) is 94.0 Å². The van der Waals surface area contributed by atoms with E-state index in [1.807, 2.05) is 0 Å². The van der Waals surface area contributed by atoms with Gasteiger partial charge in [0, 0.05) is 24.9 Å². The summed E-state index contributed by atoms with van der Waals surface area (Å²) in [5.74, 6) is -4.35. The molecule has 2 rings (SSSR count). The van der Waals surface area contributed by atoms with Crippen LogP contribution in [0.2, 0.25) is 0 Å². The number of aromatic amines is 1. The standard InChI is InChI=1S/C31H54N12O7S2/c1-52-13-9-22(30(49)50)41-27(46)21(8-5-12-37-31(33)34)39-26(45)20(6-2-3-10-32)40-29(48)24(16-51)43-28(47)23(14-18-15-35-17-38-18)42-25(44)19-7-4-11-36-19/h15,17,19-24,36,51H,2-14,16,32H2,1H3,(H,35,38)(H,39,45)(H,40,48)(H,41,46)(H,42,44)(H,43,47)(H,49,50)(H4,33,34,37)/t19-,20-,21-,22-,23-,24-/m0/s1. The van der Waals surface area contributed by atoms with Gasteiger partial charge in [-0.3, -0.25) is 29.4 Å². The van der Waals surface area contributed by atoms with E-state index in [0.717, 1.165) is 6.42 Å². The van der Waals surface area contributed by atoms with E-state index < -0.39 is 65.8 Å². The second-order valence-corrected chi connectivity index (χ2v) is 13.6. The van der Waals surface area contributed by atoms with E-state index in [1.54, 1.807) is 12.5 Å². The van der Waals surface area contributed by atoms with Crippen LogP contribution in [0.4, 0.5) is 0 Å². The maximum atomic E-state index is 13.7. The zero-order valence-electron chi connectivity index (χ0n) is 29.4. The lowest BCUT2D eigenvalue weighted by atomic mass is 10.0. The first-order chi connectivity index (χ1) is 24.9. The highest BCUT2D eigenvalue weighted by Gasteiger charge is 2.33. The Bertz CT molecular complexity index is 1320. The Labute approximate surface area is 312 Å². The zero-order chi connectivity index (χ0) is 38.5. The third kappa shape index (κ3) is 16.1. The fourth-order valence-electron chi connectivity index (χ4n) is 5.34. The number of unbranched alkanes of at least 4 members (excludes halogenated alkanes) is 1. The first-order valence-corrected chi connectivity index (χ1v) is 19.3. The van der Waals surface area contributed by atoms with E-state index >= 15 is 0 Å². The van der Waals surface area contributed by atoms with Crippen LogP contribution in [0.15, 0.2) is 12.5 Å². The molecular formula is C31H54N12O7S2. The van der Waals surface area contributed by atoms with Crippen molar-refractivity contribution in [2.75, 3.05) is 37.4 Å². The fourth-order valence-corrected chi connectivity index (χ4v) is 6.07. The molecule has 5 amide bonds.